The van der Waals surface area contributed by atoms with Gasteiger partial charge in [0.15, 0.2) is 0 Å². The molecule has 4 heterocycles. The summed E-state index contributed by atoms with van der Waals surface area (Å²) in [6.07, 6.45) is 8.13. The Bertz CT molecular complexity index is 841. The summed E-state index contributed by atoms with van der Waals surface area (Å²) >= 11 is 0. The zero-order valence-corrected chi connectivity index (χ0v) is 12.4. The number of nitrogens with one attached hydrogen (secondary N) is 1. The van der Waals surface area contributed by atoms with Gasteiger partial charge in [-0.05, 0) is 30.3 Å². The van der Waals surface area contributed by atoms with E-state index in [1.165, 1.54) is 4.40 Å². The summed E-state index contributed by atoms with van der Waals surface area (Å²) < 4.78 is 1.53. The number of aromatic nitrogens is 4. The normalized spacial score (nSPS) is 18.4. The van der Waals surface area contributed by atoms with Crippen LogP contribution < -0.4 is 4.90 Å². The number of fused-ring (bicyclic) bond motifs is 1. The minimum Gasteiger partial charge on any atom is -0.358 e. The highest BCUT2D eigenvalue weighted by Gasteiger charge is 2.34. The van der Waals surface area contributed by atoms with Crippen molar-refractivity contribution < 1.29 is 4.92 Å². The third-order valence-electron chi connectivity index (χ3n) is 4.27. The highest BCUT2D eigenvalue weighted by atomic mass is 16.6. The van der Waals surface area contributed by atoms with Crippen LogP contribution in [0, 0.1) is 10.1 Å². The van der Waals surface area contributed by atoms with Gasteiger partial charge in [0.05, 0.1) is 12.2 Å². The quantitative estimate of drug-likeness (QED) is 0.593. The molecule has 0 aromatic carbocycles. The van der Waals surface area contributed by atoms with Crippen LogP contribution >= 0.6 is 0 Å². The molecule has 1 atom stereocenters. The van der Waals surface area contributed by atoms with Crippen molar-refractivity contribution in [2.75, 3.05) is 11.4 Å². The van der Waals surface area contributed by atoms with Crippen molar-refractivity contribution >= 4 is 17.3 Å². The topological polar surface area (TPSA) is 92.4 Å². The van der Waals surface area contributed by atoms with E-state index in [1.807, 2.05) is 11.0 Å². The fourth-order valence-electron chi connectivity index (χ4n) is 3.26. The van der Waals surface area contributed by atoms with E-state index in [9.17, 15) is 10.1 Å². The SMILES string of the molecule is O=[N+]([O-])c1c(N2CCCC[C@H]2c2ncc[nH]2)nc2ccccn12. The van der Waals surface area contributed by atoms with Gasteiger partial charge in [-0.1, -0.05) is 6.07 Å². The molecule has 118 valence electrons. The smallest absolute Gasteiger partial charge is 0.358 e. The molecular formula is C15H16N6O2. The van der Waals surface area contributed by atoms with Gasteiger partial charge in [-0.2, -0.15) is 9.38 Å². The van der Waals surface area contributed by atoms with Crippen LogP contribution in [-0.4, -0.2) is 30.8 Å². The van der Waals surface area contributed by atoms with E-state index in [2.05, 4.69) is 15.0 Å². The van der Waals surface area contributed by atoms with Gasteiger partial charge < -0.3 is 20.0 Å². The molecule has 1 fully saturated rings. The molecule has 0 spiro atoms. The van der Waals surface area contributed by atoms with Crippen molar-refractivity contribution in [3.05, 3.63) is 52.7 Å². The number of piperidine rings is 1. The number of anilines is 1. The molecule has 0 aliphatic carbocycles. The van der Waals surface area contributed by atoms with E-state index in [4.69, 9.17) is 0 Å². The van der Waals surface area contributed by atoms with Crippen LogP contribution in [0.5, 0.6) is 0 Å². The van der Waals surface area contributed by atoms with Crippen molar-refractivity contribution in [3.8, 4) is 0 Å². The molecule has 4 rings (SSSR count). The zero-order valence-electron chi connectivity index (χ0n) is 12.4. The van der Waals surface area contributed by atoms with E-state index >= 15 is 0 Å². The monoisotopic (exact) mass is 312 g/mol. The van der Waals surface area contributed by atoms with Gasteiger partial charge in [0.2, 0.25) is 11.5 Å². The summed E-state index contributed by atoms with van der Waals surface area (Å²) in [5.74, 6) is 1.26. The molecule has 1 aliphatic heterocycles. The maximum Gasteiger partial charge on any atom is 0.372 e. The molecule has 0 radical (unpaired) electrons. The van der Waals surface area contributed by atoms with Crippen LogP contribution in [0.25, 0.3) is 5.65 Å². The van der Waals surface area contributed by atoms with Crippen LogP contribution in [-0.2, 0) is 0 Å². The summed E-state index contributed by atoms with van der Waals surface area (Å²) in [5.41, 5.74) is 0.581. The number of aromatic amines is 1. The Hall–Kier alpha value is -2.90. The number of pyridine rings is 1. The predicted molar refractivity (Wildman–Crippen MR) is 84.4 cm³/mol. The van der Waals surface area contributed by atoms with E-state index < -0.39 is 0 Å². The molecule has 1 aliphatic rings. The second kappa shape index (κ2) is 5.38. The number of hydrogen-bond donors (Lipinski definition) is 1. The lowest BCUT2D eigenvalue weighted by molar-refractivity contribution is -0.389. The minimum atomic E-state index is -0.358. The lowest BCUT2D eigenvalue weighted by atomic mass is 10.0. The van der Waals surface area contributed by atoms with Gasteiger partial charge in [-0.25, -0.2) is 4.98 Å². The lowest BCUT2D eigenvalue weighted by Gasteiger charge is -2.34. The summed E-state index contributed by atoms with van der Waals surface area (Å²) in [6, 6.07) is 5.37. The van der Waals surface area contributed by atoms with E-state index in [1.54, 1.807) is 30.7 Å². The summed E-state index contributed by atoms with van der Waals surface area (Å²) in [7, 11) is 0. The average molecular weight is 312 g/mol. The van der Waals surface area contributed by atoms with Crippen LogP contribution in [0.2, 0.25) is 0 Å². The Balaban J connectivity index is 1.86. The zero-order chi connectivity index (χ0) is 15.8. The Labute approximate surface area is 131 Å². The molecule has 23 heavy (non-hydrogen) atoms. The lowest BCUT2D eigenvalue weighted by Crippen LogP contribution is -2.34. The highest BCUT2D eigenvalue weighted by Crippen LogP contribution is 2.38. The minimum absolute atomic E-state index is 0.0117. The number of imidazole rings is 2. The highest BCUT2D eigenvalue weighted by molar-refractivity contribution is 5.64. The fraction of sp³-hybridized carbons (Fsp3) is 0.333. The standard InChI is InChI=1S/C15H16N6O2/c22-21(23)15-14(18-12-6-2-4-10-20(12)15)19-9-3-1-5-11(19)13-16-7-8-17-13/h2,4,6-8,10-11H,1,3,5,9H2,(H,16,17)/t11-/m0/s1. The first-order chi connectivity index (χ1) is 11.3. The van der Waals surface area contributed by atoms with Crippen molar-refractivity contribution in [2.24, 2.45) is 0 Å². The van der Waals surface area contributed by atoms with Crippen molar-refractivity contribution in [2.45, 2.75) is 25.3 Å². The summed E-state index contributed by atoms with van der Waals surface area (Å²) in [4.78, 5) is 25.3. The first-order valence-electron chi connectivity index (χ1n) is 7.63. The Morgan fingerprint density at radius 1 is 1.35 bits per heavy atom. The maximum absolute atomic E-state index is 11.6. The second-order valence-electron chi connectivity index (χ2n) is 5.62. The Morgan fingerprint density at radius 3 is 3.04 bits per heavy atom. The molecule has 0 unspecified atom stereocenters. The van der Waals surface area contributed by atoms with Crippen LogP contribution in [0.15, 0.2) is 36.8 Å². The van der Waals surface area contributed by atoms with Gasteiger partial charge in [0, 0.05) is 25.0 Å². The molecule has 1 saturated heterocycles. The summed E-state index contributed by atoms with van der Waals surface area (Å²) in [5, 5.41) is 11.6. The molecule has 0 bridgehead atoms. The first-order valence-corrected chi connectivity index (χ1v) is 7.63. The van der Waals surface area contributed by atoms with Crippen LogP contribution in [0.3, 0.4) is 0 Å². The fourth-order valence-corrected chi connectivity index (χ4v) is 3.26. The molecule has 8 nitrogen and oxygen atoms in total. The van der Waals surface area contributed by atoms with Gasteiger partial charge in [-0.15, -0.1) is 0 Å². The van der Waals surface area contributed by atoms with E-state index in [0.29, 0.717) is 11.5 Å². The molecule has 8 heteroatoms. The molecule has 0 saturated carbocycles. The molecule has 3 aromatic rings. The first kappa shape index (κ1) is 13.7. The van der Waals surface area contributed by atoms with Crippen molar-refractivity contribution in [1.29, 1.82) is 0 Å². The molecular weight excluding hydrogens is 296 g/mol. The van der Waals surface area contributed by atoms with Crippen molar-refractivity contribution in [1.82, 2.24) is 19.4 Å². The largest absolute Gasteiger partial charge is 0.372 e. The predicted octanol–water partition coefficient (Wildman–Crippen LogP) is 2.70. The van der Waals surface area contributed by atoms with Gasteiger partial charge in [0.1, 0.15) is 5.82 Å². The number of rotatable bonds is 3. The third kappa shape index (κ3) is 2.23. The Kier molecular flexibility index (Phi) is 3.22. The van der Waals surface area contributed by atoms with Gasteiger partial charge in [0.25, 0.3) is 0 Å². The number of nitro groups is 1. The summed E-state index contributed by atoms with van der Waals surface area (Å²) in [6.45, 7) is 0.732. The van der Waals surface area contributed by atoms with Gasteiger partial charge in [-0.3, -0.25) is 0 Å². The van der Waals surface area contributed by atoms with E-state index in [0.717, 1.165) is 31.6 Å². The number of nitrogens with zero attached hydrogens (tertiary/aromatic N) is 5. The van der Waals surface area contributed by atoms with Crippen LogP contribution in [0.4, 0.5) is 11.6 Å². The number of H-pyrrole nitrogens is 1. The van der Waals surface area contributed by atoms with E-state index in [-0.39, 0.29) is 16.8 Å². The number of hydrogen-bond acceptors (Lipinski definition) is 5. The molecule has 3 aromatic heterocycles. The second-order valence-corrected chi connectivity index (χ2v) is 5.62. The molecule has 0 amide bonds. The molecule has 1 N–H and O–H groups in total. The van der Waals surface area contributed by atoms with Crippen molar-refractivity contribution in [3.63, 3.8) is 0 Å². The maximum atomic E-state index is 11.6. The van der Waals surface area contributed by atoms with Crippen LogP contribution in [0.1, 0.15) is 31.1 Å². The Morgan fingerprint density at radius 2 is 2.26 bits per heavy atom. The third-order valence-corrected chi connectivity index (χ3v) is 4.27. The average Bonchev–Trinajstić information content (AvgIpc) is 3.22. The van der Waals surface area contributed by atoms with Gasteiger partial charge >= 0.3 is 5.82 Å².